The van der Waals surface area contributed by atoms with Crippen LogP contribution in [0.2, 0.25) is 0 Å². The molecule has 2 aromatic carbocycles. The van der Waals surface area contributed by atoms with Crippen LogP contribution in [0.1, 0.15) is 48.0 Å². The van der Waals surface area contributed by atoms with Crippen molar-refractivity contribution in [1.82, 2.24) is 9.80 Å². The van der Waals surface area contributed by atoms with Gasteiger partial charge in [-0.25, -0.2) is 14.5 Å². The summed E-state index contributed by atoms with van der Waals surface area (Å²) in [6, 6.07) is 16.6. The number of hydrogen-bond acceptors (Lipinski definition) is 7. The highest BCUT2D eigenvalue weighted by molar-refractivity contribution is 5.93. The molecule has 9 heteroatoms. The zero-order valence-electron chi connectivity index (χ0n) is 23.1. The number of amides is 3. The Bertz CT molecular complexity index is 1110. The summed E-state index contributed by atoms with van der Waals surface area (Å²) in [6.45, 7) is 10.4. The second kappa shape index (κ2) is 11.9. The third-order valence-corrected chi connectivity index (χ3v) is 5.82. The Morgan fingerprint density at radius 1 is 0.895 bits per heavy atom. The minimum absolute atomic E-state index is 0.0842. The maximum atomic E-state index is 13.1. The summed E-state index contributed by atoms with van der Waals surface area (Å²) in [5.74, 6) is 0.0609. The number of nitrogens with zero attached hydrogens (tertiary/aromatic N) is 2. The second-order valence-corrected chi connectivity index (χ2v) is 11.3. The number of carbonyl (C=O) groups excluding carboxylic acids is 3. The van der Waals surface area contributed by atoms with Crippen LogP contribution in [0.25, 0.3) is 11.1 Å². The fourth-order valence-electron chi connectivity index (χ4n) is 4.21. The number of rotatable bonds is 6. The van der Waals surface area contributed by atoms with Crippen molar-refractivity contribution in [3.8, 4) is 16.9 Å². The van der Waals surface area contributed by atoms with Gasteiger partial charge in [-0.05, 0) is 71.2 Å². The molecule has 0 bridgehead atoms. The number of benzene rings is 2. The molecule has 0 spiro atoms. The number of ether oxygens (including phenoxy) is 3. The molecule has 0 aliphatic carbocycles. The normalized spacial score (nSPS) is 17.6. The van der Waals surface area contributed by atoms with E-state index in [2.05, 4.69) is 0 Å². The van der Waals surface area contributed by atoms with E-state index in [4.69, 9.17) is 19.9 Å². The van der Waals surface area contributed by atoms with E-state index >= 15 is 0 Å². The fourth-order valence-corrected chi connectivity index (χ4v) is 4.21. The highest BCUT2D eigenvalue weighted by atomic mass is 16.6. The Balaban J connectivity index is 1.78. The zero-order valence-corrected chi connectivity index (χ0v) is 23.1. The number of nitrogens with two attached hydrogens (primary N) is 1. The Hall–Kier alpha value is -3.59. The molecule has 206 valence electrons. The van der Waals surface area contributed by atoms with Gasteiger partial charge in [0.1, 0.15) is 23.6 Å². The van der Waals surface area contributed by atoms with Crippen LogP contribution in [0.5, 0.6) is 5.75 Å². The summed E-state index contributed by atoms with van der Waals surface area (Å²) in [7, 11) is 0. The quantitative estimate of drug-likeness (QED) is 0.575. The maximum Gasteiger partial charge on any atom is 0.417 e. The fraction of sp³-hybridized carbons (Fsp3) is 0.483. The topological polar surface area (TPSA) is 111 Å². The predicted octanol–water partition coefficient (Wildman–Crippen LogP) is 4.83. The SMILES string of the molecule is CC(C)(C)OC(=O)N1CC(N(C(=O)CN)C(=O)OC(C)(C)C)CC1COc1ccc(-c2ccccc2)cc1. The summed E-state index contributed by atoms with van der Waals surface area (Å²) in [6.07, 6.45) is -1.04. The van der Waals surface area contributed by atoms with Gasteiger partial charge in [-0.1, -0.05) is 42.5 Å². The summed E-state index contributed by atoms with van der Waals surface area (Å²) in [5, 5.41) is 0. The molecule has 1 saturated heterocycles. The van der Waals surface area contributed by atoms with Gasteiger partial charge >= 0.3 is 12.2 Å². The Kier molecular flexibility index (Phi) is 9.04. The summed E-state index contributed by atoms with van der Waals surface area (Å²) < 4.78 is 17.1. The molecule has 1 heterocycles. The van der Waals surface area contributed by atoms with Crippen molar-refractivity contribution < 1.29 is 28.6 Å². The van der Waals surface area contributed by atoms with Crippen LogP contribution in [0.4, 0.5) is 9.59 Å². The first-order chi connectivity index (χ1) is 17.8. The zero-order chi connectivity index (χ0) is 28.1. The summed E-state index contributed by atoms with van der Waals surface area (Å²) in [4.78, 5) is 41.3. The van der Waals surface area contributed by atoms with Crippen LogP contribution in [-0.4, -0.2) is 70.9 Å². The first-order valence-corrected chi connectivity index (χ1v) is 12.8. The molecule has 3 rings (SSSR count). The average molecular weight is 526 g/mol. The van der Waals surface area contributed by atoms with Crippen LogP contribution in [0, 0.1) is 0 Å². The number of hydrogen-bond donors (Lipinski definition) is 1. The van der Waals surface area contributed by atoms with E-state index in [1.807, 2.05) is 54.6 Å². The van der Waals surface area contributed by atoms with Gasteiger partial charge < -0.3 is 19.9 Å². The van der Waals surface area contributed by atoms with Gasteiger partial charge in [0.2, 0.25) is 5.91 Å². The minimum atomic E-state index is -0.803. The molecule has 2 atom stereocenters. The monoisotopic (exact) mass is 525 g/mol. The molecule has 1 fully saturated rings. The Morgan fingerprint density at radius 3 is 2.03 bits per heavy atom. The lowest BCUT2D eigenvalue weighted by molar-refractivity contribution is -0.130. The highest BCUT2D eigenvalue weighted by Crippen LogP contribution is 2.28. The standard InChI is InChI=1S/C29H39N3O6/c1-28(2,3)37-26(34)31-18-22(32(25(33)17-30)27(35)38-29(4,5)6)16-23(31)19-36-24-14-12-21(13-15-24)20-10-8-7-9-11-20/h7-15,22-23H,16-19,30H2,1-6H3. The van der Waals surface area contributed by atoms with E-state index in [1.165, 1.54) is 4.90 Å². The molecule has 2 N–H and O–H groups in total. The first-order valence-electron chi connectivity index (χ1n) is 12.8. The van der Waals surface area contributed by atoms with Crippen LogP contribution >= 0.6 is 0 Å². The molecule has 2 unspecified atom stereocenters. The van der Waals surface area contributed by atoms with Gasteiger partial charge in [-0.15, -0.1) is 0 Å². The van der Waals surface area contributed by atoms with Gasteiger partial charge in [0.25, 0.3) is 0 Å². The molecule has 2 aromatic rings. The van der Waals surface area contributed by atoms with Crippen molar-refractivity contribution in [2.24, 2.45) is 5.73 Å². The lowest BCUT2D eigenvalue weighted by Gasteiger charge is -2.30. The van der Waals surface area contributed by atoms with Gasteiger partial charge in [-0.2, -0.15) is 0 Å². The maximum absolute atomic E-state index is 13.1. The molecule has 9 nitrogen and oxygen atoms in total. The van der Waals surface area contributed by atoms with Crippen molar-refractivity contribution in [2.75, 3.05) is 19.7 Å². The van der Waals surface area contributed by atoms with Gasteiger partial charge in [0.05, 0.1) is 18.6 Å². The molecular formula is C29H39N3O6. The first kappa shape index (κ1) is 29.0. The third kappa shape index (κ3) is 7.95. The van der Waals surface area contributed by atoms with E-state index < -0.39 is 41.4 Å². The predicted molar refractivity (Wildman–Crippen MR) is 145 cm³/mol. The van der Waals surface area contributed by atoms with Crippen LogP contribution < -0.4 is 10.5 Å². The molecule has 3 amide bonds. The van der Waals surface area contributed by atoms with Crippen molar-refractivity contribution in [3.05, 3.63) is 54.6 Å². The molecule has 0 radical (unpaired) electrons. The second-order valence-electron chi connectivity index (χ2n) is 11.3. The van der Waals surface area contributed by atoms with Crippen molar-refractivity contribution in [1.29, 1.82) is 0 Å². The number of carbonyl (C=O) groups is 3. The lowest BCUT2D eigenvalue weighted by Crippen LogP contribution is -2.50. The minimum Gasteiger partial charge on any atom is -0.491 e. The van der Waals surface area contributed by atoms with E-state index in [-0.39, 0.29) is 19.7 Å². The van der Waals surface area contributed by atoms with Crippen molar-refractivity contribution >= 4 is 18.1 Å². The van der Waals surface area contributed by atoms with E-state index in [9.17, 15) is 14.4 Å². The van der Waals surface area contributed by atoms with Gasteiger partial charge in [-0.3, -0.25) is 9.69 Å². The molecule has 1 aliphatic heterocycles. The van der Waals surface area contributed by atoms with Crippen LogP contribution in [0.3, 0.4) is 0 Å². The third-order valence-electron chi connectivity index (χ3n) is 5.82. The molecule has 0 saturated carbocycles. The van der Waals surface area contributed by atoms with Crippen LogP contribution in [0.15, 0.2) is 54.6 Å². The summed E-state index contributed by atoms with van der Waals surface area (Å²) in [5.41, 5.74) is 6.25. The molecule has 38 heavy (non-hydrogen) atoms. The Morgan fingerprint density at radius 2 is 1.47 bits per heavy atom. The van der Waals surface area contributed by atoms with E-state index in [0.29, 0.717) is 12.2 Å². The van der Waals surface area contributed by atoms with E-state index in [0.717, 1.165) is 16.0 Å². The van der Waals surface area contributed by atoms with Crippen molar-refractivity contribution in [2.45, 2.75) is 71.2 Å². The highest BCUT2D eigenvalue weighted by Gasteiger charge is 2.44. The Labute approximate surface area is 224 Å². The molecule has 1 aliphatic rings. The smallest absolute Gasteiger partial charge is 0.417 e. The largest absolute Gasteiger partial charge is 0.491 e. The average Bonchev–Trinajstić information content (AvgIpc) is 3.25. The van der Waals surface area contributed by atoms with Crippen LogP contribution in [-0.2, 0) is 14.3 Å². The van der Waals surface area contributed by atoms with Gasteiger partial charge in [0.15, 0.2) is 0 Å². The number of imide groups is 1. The van der Waals surface area contributed by atoms with E-state index in [1.54, 1.807) is 41.5 Å². The molecule has 0 aromatic heterocycles. The van der Waals surface area contributed by atoms with Gasteiger partial charge in [0, 0.05) is 6.54 Å². The number of likely N-dealkylation sites (tertiary alicyclic amines) is 1. The summed E-state index contributed by atoms with van der Waals surface area (Å²) >= 11 is 0. The lowest BCUT2D eigenvalue weighted by atomic mass is 10.1. The molecular weight excluding hydrogens is 486 g/mol. The van der Waals surface area contributed by atoms with Crippen molar-refractivity contribution in [3.63, 3.8) is 0 Å².